The lowest BCUT2D eigenvalue weighted by Gasteiger charge is -2.25. The molecule has 4 aromatic carbocycles. The van der Waals surface area contributed by atoms with E-state index in [0.29, 0.717) is 17.0 Å². The summed E-state index contributed by atoms with van der Waals surface area (Å²) in [5.74, 6) is -1.10. The number of aryl methyl sites for hydroxylation is 2. The third-order valence-corrected chi connectivity index (χ3v) is 10.1. The number of halogens is 1. The van der Waals surface area contributed by atoms with Crippen LogP contribution < -0.4 is 4.72 Å². The van der Waals surface area contributed by atoms with Gasteiger partial charge in [0.05, 0.1) is 17.4 Å². The van der Waals surface area contributed by atoms with Crippen LogP contribution in [0.2, 0.25) is 5.02 Å². The number of nitrogens with zero attached hydrogens (tertiary/aromatic N) is 2. The van der Waals surface area contributed by atoms with E-state index >= 15 is 0 Å². The van der Waals surface area contributed by atoms with Gasteiger partial charge in [0.25, 0.3) is 0 Å². The molecule has 0 spiro atoms. The number of carboxylic acid groups (broad SMARTS) is 1. The molecule has 0 amide bonds. The fourth-order valence-corrected chi connectivity index (χ4v) is 7.67. The van der Waals surface area contributed by atoms with Crippen LogP contribution in [0, 0.1) is 0 Å². The highest BCUT2D eigenvalue weighted by Crippen LogP contribution is 2.38. The van der Waals surface area contributed by atoms with Crippen molar-refractivity contribution in [2.45, 2.75) is 37.5 Å². The molecule has 0 aliphatic rings. The zero-order chi connectivity index (χ0) is 33.5. The Bertz CT molecular complexity index is 2060. The van der Waals surface area contributed by atoms with Crippen molar-refractivity contribution in [2.24, 2.45) is 0 Å². The first kappa shape index (κ1) is 33.2. The van der Waals surface area contributed by atoms with Crippen LogP contribution in [0.4, 0.5) is 0 Å². The highest BCUT2D eigenvalue weighted by molar-refractivity contribution is 7.88. The molecule has 0 fully saturated rings. The molecular formula is C39H36ClN3O4S. The Kier molecular flexibility index (Phi) is 10.3. The topological polar surface area (TPSA) is 101 Å². The van der Waals surface area contributed by atoms with Crippen molar-refractivity contribution in [3.05, 3.63) is 172 Å². The Labute approximate surface area is 285 Å². The predicted octanol–water partition coefficient (Wildman–Crippen LogP) is 7.86. The molecule has 2 heterocycles. The SMILES string of the molecule is O=C(O)c1ccc(CCCc2c(CCNS(=O)(=O)Cc3cccnc3)n(C(c3ccccc3)c3ccccc3)c3ccc(Cl)cc23)cc1. The van der Waals surface area contributed by atoms with Crippen LogP contribution >= 0.6 is 11.6 Å². The van der Waals surface area contributed by atoms with Crippen LogP contribution in [0.5, 0.6) is 0 Å². The standard InChI is InChI=1S/C39H36ClN3O4S/c40-33-20-21-36-35(25-33)34(15-7-9-28-16-18-32(19-17-28)39(44)45)37(22-24-42-48(46,47)27-29-10-8-23-41-26-29)43(36)38(30-11-3-1-4-12-30)31-13-5-2-6-14-31/h1-6,8,10-14,16-21,23,25-26,38,42H,7,9,15,22,24,27H2,(H,44,45). The molecule has 0 unspecified atom stereocenters. The van der Waals surface area contributed by atoms with Gasteiger partial charge in [-0.25, -0.2) is 17.9 Å². The largest absolute Gasteiger partial charge is 0.478 e. The van der Waals surface area contributed by atoms with Crippen molar-refractivity contribution < 1.29 is 18.3 Å². The Balaban J connectivity index is 1.40. The summed E-state index contributed by atoms with van der Waals surface area (Å²) in [7, 11) is -3.62. The maximum Gasteiger partial charge on any atom is 0.335 e. The number of benzene rings is 4. The van der Waals surface area contributed by atoms with E-state index in [4.69, 9.17) is 11.6 Å². The lowest BCUT2D eigenvalue weighted by Crippen LogP contribution is -2.28. The van der Waals surface area contributed by atoms with Crippen LogP contribution in [-0.4, -0.2) is 35.6 Å². The molecule has 48 heavy (non-hydrogen) atoms. The van der Waals surface area contributed by atoms with E-state index in [-0.39, 0.29) is 23.9 Å². The summed E-state index contributed by atoms with van der Waals surface area (Å²) in [6.07, 6.45) is 5.93. The second kappa shape index (κ2) is 15.0. The number of rotatable bonds is 14. The zero-order valence-corrected chi connectivity index (χ0v) is 27.9. The molecule has 6 aromatic rings. The van der Waals surface area contributed by atoms with E-state index in [2.05, 4.69) is 44.6 Å². The van der Waals surface area contributed by atoms with E-state index in [9.17, 15) is 18.3 Å². The number of carboxylic acids is 1. The quantitative estimate of drug-likeness (QED) is 0.122. The van der Waals surface area contributed by atoms with Gasteiger partial charge in [-0.1, -0.05) is 90.5 Å². The minimum atomic E-state index is -3.62. The molecule has 2 aromatic heterocycles. The zero-order valence-electron chi connectivity index (χ0n) is 26.3. The van der Waals surface area contributed by atoms with Gasteiger partial charge in [-0.2, -0.15) is 0 Å². The van der Waals surface area contributed by atoms with Crippen molar-refractivity contribution >= 4 is 38.5 Å². The predicted molar refractivity (Wildman–Crippen MR) is 191 cm³/mol. The lowest BCUT2D eigenvalue weighted by atomic mass is 9.97. The molecule has 0 atom stereocenters. The second-order valence-electron chi connectivity index (χ2n) is 11.8. The average molecular weight is 678 g/mol. The lowest BCUT2D eigenvalue weighted by molar-refractivity contribution is 0.0697. The number of aromatic carboxylic acids is 1. The van der Waals surface area contributed by atoms with Crippen LogP contribution in [0.15, 0.2) is 128 Å². The molecule has 9 heteroatoms. The van der Waals surface area contributed by atoms with Crippen LogP contribution in [-0.2, 0) is 35.0 Å². The van der Waals surface area contributed by atoms with Crippen molar-refractivity contribution in [1.29, 1.82) is 0 Å². The van der Waals surface area contributed by atoms with E-state index in [1.54, 1.807) is 36.7 Å². The average Bonchev–Trinajstić information content (AvgIpc) is 3.37. The minimum Gasteiger partial charge on any atom is -0.478 e. The number of nitrogens with one attached hydrogen (secondary N) is 1. The van der Waals surface area contributed by atoms with Crippen molar-refractivity contribution in [3.63, 3.8) is 0 Å². The summed E-state index contributed by atoms with van der Waals surface area (Å²) in [5.41, 5.74) is 7.34. The molecule has 7 nitrogen and oxygen atoms in total. The van der Waals surface area contributed by atoms with Gasteiger partial charge in [0.15, 0.2) is 0 Å². The van der Waals surface area contributed by atoms with E-state index in [0.717, 1.165) is 58.1 Å². The Morgan fingerprint density at radius 1 is 0.812 bits per heavy atom. The van der Waals surface area contributed by atoms with Gasteiger partial charge in [0.2, 0.25) is 10.0 Å². The third kappa shape index (κ3) is 7.85. The second-order valence-corrected chi connectivity index (χ2v) is 14.0. The molecule has 6 rings (SSSR count). The number of carbonyl (C=O) groups is 1. The van der Waals surface area contributed by atoms with E-state index in [1.165, 1.54) is 0 Å². The van der Waals surface area contributed by atoms with Crippen LogP contribution in [0.25, 0.3) is 10.9 Å². The maximum absolute atomic E-state index is 13.1. The first-order chi connectivity index (χ1) is 23.3. The third-order valence-electron chi connectivity index (χ3n) is 8.53. The van der Waals surface area contributed by atoms with Gasteiger partial charge in [0.1, 0.15) is 0 Å². The van der Waals surface area contributed by atoms with Gasteiger partial charge >= 0.3 is 5.97 Å². The first-order valence-corrected chi connectivity index (χ1v) is 17.9. The molecule has 2 N–H and O–H groups in total. The number of pyridine rings is 1. The summed E-state index contributed by atoms with van der Waals surface area (Å²) < 4.78 is 31.5. The van der Waals surface area contributed by atoms with Crippen LogP contribution in [0.3, 0.4) is 0 Å². The number of fused-ring (bicyclic) bond motifs is 1. The highest BCUT2D eigenvalue weighted by atomic mass is 35.5. The molecule has 0 aliphatic heterocycles. The van der Waals surface area contributed by atoms with Gasteiger partial charge in [-0.05, 0) is 83.5 Å². The number of hydrogen-bond donors (Lipinski definition) is 2. The van der Waals surface area contributed by atoms with Crippen LogP contribution in [0.1, 0.15) is 56.3 Å². The highest BCUT2D eigenvalue weighted by Gasteiger charge is 2.26. The van der Waals surface area contributed by atoms with Gasteiger partial charge in [-0.3, -0.25) is 4.98 Å². The van der Waals surface area contributed by atoms with Gasteiger partial charge in [-0.15, -0.1) is 0 Å². The molecule has 244 valence electrons. The number of aromatic nitrogens is 2. The molecule has 0 bridgehead atoms. The van der Waals surface area contributed by atoms with Gasteiger partial charge in [0, 0.05) is 47.0 Å². The summed E-state index contributed by atoms with van der Waals surface area (Å²) >= 11 is 6.62. The molecule has 0 radical (unpaired) electrons. The number of hydrogen-bond acceptors (Lipinski definition) is 4. The van der Waals surface area contributed by atoms with Gasteiger partial charge < -0.3 is 9.67 Å². The van der Waals surface area contributed by atoms with E-state index in [1.807, 2.05) is 60.7 Å². The molecule has 0 aliphatic carbocycles. The Hall–Kier alpha value is -4.76. The smallest absolute Gasteiger partial charge is 0.335 e. The minimum absolute atomic E-state index is 0.149. The summed E-state index contributed by atoms with van der Waals surface area (Å²) in [6, 6.07) is 36.9. The monoisotopic (exact) mass is 677 g/mol. The molecule has 0 saturated carbocycles. The normalized spacial score (nSPS) is 11.7. The number of sulfonamides is 1. The summed E-state index contributed by atoms with van der Waals surface area (Å²) in [6.45, 7) is 0.215. The first-order valence-electron chi connectivity index (χ1n) is 15.9. The summed E-state index contributed by atoms with van der Waals surface area (Å²) in [5, 5.41) is 11.0. The van der Waals surface area contributed by atoms with Crippen molar-refractivity contribution in [2.75, 3.05) is 6.54 Å². The molecular weight excluding hydrogens is 642 g/mol. The Morgan fingerprint density at radius 2 is 1.50 bits per heavy atom. The van der Waals surface area contributed by atoms with E-state index < -0.39 is 16.0 Å². The molecule has 0 saturated heterocycles. The van der Waals surface area contributed by atoms with Crippen molar-refractivity contribution in [3.8, 4) is 0 Å². The Morgan fingerprint density at radius 3 is 2.12 bits per heavy atom. The fraction of sp³-hybridized carbons (Fsp3) is 0.179. The van der Waals surface area contributed by atoms with Crippen molar-refractivity contribution in [1.82, 2.24) is 14.3 Å². The summed E-state index contributed by atoms with van der Waals surface area (Å²) in [4.78, 5) is 15.4. The fourth-order valence-electron chi connectivity index (χ4n) is 6.37. The maximum atomic E-state index is 13.1.